The fraction of sp³-hybridized carbons (Fsp3) is 0.133. The number of carbonyl (C=O) groups is 1. The first-order valence-electron chi connectivity index (χ1n) is 6.22. The van der Waals surface area contributed by atoms with E-state index in [1.54, 1.807) is 60.7 Å². The van der Waals surface area contributed by atoms with E-state index < -0.39 is 17.5 Å². The van der Waals surface area contributed by atoms with Crippen LogP contribution in [0.15, 0.2) is 60.7 Å². The van der Waals surface area contributed by atoms with Crippen LogP contribution in [0.3, 0.4) is 0 Å². The van der Waals surface area contributed by atoms with E-state index in [0.717, 1.165) is 0 Å². The van der Waals surface area contributed by atoms with Gasteiger partial charge in [-0.05, 0) is 0 Å². The van der Waals surface area contributed by atoms with Gasteiger partial charge >= 0.3 is 6.03 Å². The Balaban J connectivity index is 2.16. The number of nitrogens with one attached hydrogen (secondary N) is 2. The van der Waals surface area contributed by atoms with Crippen LogP contribution in [0.5, 0.6) is 0 Å². The molecule has 3 rings (SSSR count). The smallest absolute Gasteiger partial charge is 0.320 e. The van der Waals surface area contributed by atoms with Gasteiger partial charge in [0.2, 0.25) is 11.4 Å². The molecule has 1 fully saturated rings. The molecule has 2 amide bonds. The predicted molar refractivity (Wildman–Crippen MR) is 72.3 cm³/mol. The third kappa shape index (κ3) is 1.68. The van der Waals surface area contributed by atoms with Gasteiger partial charge in [0.15, 0.2) is 0 Å². The van der Waals surface area contributed by atoms with Crippen LogP contribution in [-0.4, -0.2) is 16.2 Å². The minimum atomic E-state index is -1.94. The van der Waals surface area contributed by atoms with E-state index >= 15 is 0 Å². The molecule has 102 valence electrons. The highest BCUT2D eigenvalue weighted by molar-refractivity contribution is 5.79. The highest BCUT2D eigenvalue weighted by Crippen LogP contribution is 2.39. The summed E-state index contributed by atoms with van der Waals surface area (Å²) in [5, 5.41) is 26.5. The number of benzene rings is 2. The molecule has 2 atom stereocenters. The lowest BCUT2D eigenvalue weighted by Gasteiger charge is -2.36. The lowest BCUT2D eigenvalue weighted by atomic mass is 9.87. The molecule has 1 saturated heterocycles. The second-order valence-electron chi connectivity index (χ2n) is 4.73. The normalized spacial score (nSPS) is 28.8. The molecular weight excluding hydrogens is 256 g/mol. The molecule has 1 aliphatic rings. The molecule has 5 nitrogen and oxygen atoms in total. The molecule has 0 spiro atoms. The van der Waals surface area contributed by atoms with E-state index in [1.165, 1.54) is 0 Å². The molecule has 0 aliphatic carbocycles. The van der Waals surface area contributed by atoms with Gasteiger partial charge in [-0.2, -0.15) is 0 Å². The summed E-state index contributed by atoms with van der Waals surface area (Å²) in [5.74, 6) is 0. The van der Waals surface area contributed by atoms with Crippen molar-refractivity contribution < 1.29 is 15.0 Å². The molecular formula is C15H14N2O3. The maximum absolute atomic E-state index is 11.7. The summed E-state index contributed by atoms with van der Waals surface area (Å²) in [6.45, 7) is 0. The zero-order valence-corrected chi connectivity index (χ0v) is 10.6. The molecule has 2 aromatic carbocycles. The highest BCUT2D eigenvalue weighted by Gasteiger charge is 2.59. The van der Waals surface area contributed by atoms with E-state index in [4.69, 9.17) is 0 Å². The van der Waals surface area contributed by atoms with E-state index in [-0.39, 0.29) is 0 Å². The maximum Gasteiger partial charge on any atom is 0.320 e. The minimum Gasteiger partial charge on any atom is -0.363 e. The zero-order valence-electron chi connectivity index (χ0n) is 10.6. The molecule has 0 aromatic heterocycles. The quantitative estimate of drug-likeness (QED) is 0.657. The van der Waals surface area contributed by atoms with E-state index in [2.05, 4.69) is 10.6 Å². The van der Waals surface area contributed by atoms with Crippen molar-refractivity contribution >= 4 is 6.03 Å². The number of hydrogen-bond donors (Lipinski definition) is 4. The van der Waals surface area contributed by atoms with Crippen LogP contribution in [0, 0.1) is 0 Å². The molecule has 0 bridgehead atoms. The summed E-state index contributed by atoms with van der Waals surface area (Å²) in [5.41, 5.74) is -3.09. The molecule has 5 heteroatoms. The van der Waals surface area contributed by atoms with Crippen LogP contribution in [0.4, 0.5) is 4.79 Å². The Morgan fingerprint density at radius 2 is 1.05 bits per heavy atom. The molecule has 0 saturated carbocycles. The Labute approximate surface area is 115 Å². The van der Waals surface area contributed by atoms with Crippen molar-refractivity contribution in [3.63, 3.8) is 0 Å². The van der Waals surface area contributed by atoms with E-state index in [1.807, 2.05) is 0 Å². The summed E-state index contributed by atoms with van der Waals surface area (Å²) >= 11 is 0. The average molecular weight is 270 g/mol. The number of hydrogen-bond acceptors (Lipinski definition) is 3. The number of rotatable bonds is 2. The molecule has 1 aliphatic heterocycles. The van der Waals surface area contributed by atoms with Gasteiger partial charge in [0, 0.05) is 11.1 Å². The lowest BCUT2D eigenvalue weighted by molar-refractivity contribution is -0.166. The Morgan fingerprint density at radius 1 is 0.700 bits per heavy atom. The Kier molecular flexibility index (Phi) is 2.74. The Hall–Kier alpha value is -2.37. The first-order valence-corrected chi connectivity index (χ1v) is 6.22. The highest BCUT2D eigenvalue weighted by atomic mass is 16.4. The van der Waals surface area contributed by atoms with Gasteiger partial charge in [-0.1, -0.05) is 60.7 Å². The lowest BCUT2D eigenvalue weighted by Crippen LogP contribution is -2.55. The van der Waals surface area contributed by atoms with Crippen molar-refractivity contribution in [1.82, 2.24) is 10.6 Å². The first-order chi connectivity index (χ1) is 9.56. The monoisotopic (exact) mass is 270 g/mol. The number of aliphatic hydroxyl groups is 2. The summed E-state index contributed by atoms with van der Waals surface area (Å²) < 4.78 is 0. The molecule has 1 heterocycles. The number of carbonyl (C=O) groups excluding carboxylic acids is 1. The van der Waals surface area contributed by atoms with Gasteiger partial charge in [-0.15, -0.1) is 0 Å². The van der Waals surface area contributed by atoms with Crippen molar-refractivity contribution in [2.45, 2.75) is 11.4 Å². The van der Waals surface area contributed by atoms with Crippen LogP contribution in [-0.2, 0) is 11.4 Å². The van der Waals surface area contributed by atoms with E-state index in [9.17, 15) is 15.0 Å². The van der Waals surface area contributed by atoms with Gasteiger partial charge in [0.05, 0.1) is 0 Å². The van der Waals surface area contributed by atoms with Crippen LogP contribution < -0.4 is 10.6 Å². The van der Waals surface area contributed by atoms with Crippen molar-refractivity contribution in [2.75, 3.05) is 0 Å². The maximum atomic E-state index is 11.7. The molecule has 2 aromatic rings. The Bertz CT molecular complexity index is 577. The summed E-state index contributed by atoms with van der Waals surface area (Å²) in [4.78, 5) is 11.7. The summed E-state index contributed by atoms with van der Waals surface area (Å²) in [6.07, 6.45) is 0. The van der Waals surface area contributed by atoms with Gasteiger partial charge < -0.3 is 20.8 Å². The fourth-order valence-electron chi connectivity index (χ4n) is 2.46. The molecule has 0 unspecified atom stereocenters. The van der Waals surface area contributed by atoms with E-state index in [0.29, 0.717) is 11.1 Å². The number of urea groups is 1. The largest absolute Gasteiger partial charge is 0.363 e. The molecule has 0 radical (unpaired) electrons. The van der Waals surface area contributed by atoms with Gasteiger partial charge in [-0.25, -0.2) is 4.79 Å². The second kappa shape index (κ2) is 4.33. The fourth-order valence-corrected chi connectivity index (χ4v) is 2.46. The topological polar surface area (TPSA) is 81.6 Å². The Morgan fingerprint density at radius 3 is 1.40 bits per heavy atom. The molecule has 20 heavy (non-hydrogen) atoms. The van der Waals surface area contributed by atoms with Crippen LogP contribution in [0.1, 0.15) is 11.1 Å². The van der Waals surface area contributed by atoms with Gasteiger partial charge in [0.1, 0.15) is 0 Å². The first kappa shape index (κ1) is 12.7. The third-order valence-electron chi connectivity index (χ3n) is 3.50. The summed E-state index contributed by atoms with van der Waals surface area (Å²) in [7, 11) is 0. The SMILES string of the molecule is O=C1N[C@@](O)(c2ccccc2)[C@@](O)(c2ccccc2)N1. The van der Waals surface area contributed by atoms with Crippen molar-refractivity contribution in [3.05, 3.63) is 71.8 Å². The van der Waals surface area contributed by atoms with Crippen molar-refractivity contribution in [3.8, 4) is 0 Å². The minimum absolute atomic E-state index is 0.393. The third-order valence-corrected chi connectivity index (χ3v) is 3.50. The van der Waals surface area contributed by atoms with Gasteiger partial charge in [0.25, 0.3) is 0 Å². The van der Waals surface area contributed by atoms with Crippen LogP contribution in [0.2, 0.25) is 0 Å². The van der Waals surface area contributed by atoms with Crippen LogP contribution >= 0.6 is 0 Å². The predicted octanol–water partition coefficient (Wildman–Crippen LogP) is 0.990. The van der Waals surface area contributed by atoms with Crippen LogP contribution in [0.25, 0.3) is 0 Å². The second-order valence-corrected chi connectivity index (χ2v) is 4.73. The van der Waals surface area contributed by atoms with Crippen molar-refractivity contribution in [2.24, 2.45) is 0 Å². The van der Waals surface area contributed by atoms with Crippen molar-refractivity contribution in [1.29, 1.82) is 0 Å². The number of amides is 2. The zero-order chi connectivity index (χ0) is 14.2. The molecule has 4 N–H and O–H groups in total. The van der Waals surface area contributed by atoms with Gasteiger partial charge in [-0.3, -0.25) is 0 Å². The standard InChI is InChI=1S/C15H14N2O3/c18-13-16-14(19,11-7-3-1-4-8-11)15(20,17-13)12-9-5-2-6-10-12/h1-10,19-20H,(H2,16,17,18)/t14-,15+. The average Bonchev–Trinajstić information content (AvgIpc) is 2.72. The summed E-state index contributed by atoms with van der Waals surface area (Å²) in [6, 6.07) is 16.4.